The molecule has 5 heteroatoms. The van der Waals surface area contributed by atoms with Crippen molar-refractivity contribution in [3.63, 3.8) is 0 Å². The van der Waals surface area contributed by atoms with Crippen LogP contribution in [0.2, 0.25) is 0 Å². The van der Waals surface area contributed by atoms with E-state index in [1.54, 1.807) is 0 Å². The number of carbonyl (C=O) groups excluding carboxylic acids is 1. The maximum absolute atomic E-state index is 12.1. The fourth-order valence-electron chi connectivity index (χ4n) is 2.96. The quantitative estimate of drug-likeness (QED) is 0.921. The molecule has 0 saturated carbocycles. The molecule has 0 spiro atoms. The molecule has 22 heavy (non-hydrogen) atoms. The summed E-state index contributed by atoms with van der Waals surface area (Å²) in [6.07, 6.45) is 7.91. The van der Waals surface area contributed by atoms with Crippen molar-refractivity contribution < 1.29 is 4.79 Å². The third kappa shape index (κ3) is 3.18. The zero-order chi connectivity index (χ0) is 15.4. The molecular weight excluding hydrogens is 276 g/mol. The highest BCUT2D eigenvalue weighted by Gasteiger charge is 2.24. The van der Waals surface area contributed by atoms with Gasteiger partial charge >= 0.3 is 0 Å². The molecule has 0 bridgehead atoms. The van der Waals surface area contributed by atoms with Crippen LogP contribution < -0.4 is 0 Å². The number of nitrogens with one attached hydrogen (secondary N) is 1. The average Bonchev–Trinajstić information content (AvgIpc) is 2.96. The van der Waals surface area contributed by atoms with Crippen LogP contribution in [0.25, 0.3) is 0 Å². The average molecular weight is 298 g/mol. The molecule has 0 saturated heterocycles. The molecule has 0 radical (unpaired) electrons. The second kappa shape index (κ2) is 6.73. The van der Waals surface area contributed by atoms with Gasteiger partial charge in [-0.25, -0.2) is 0 Å². The predicted molar refractivity (Wildman–Crippen MR) is 84.3 cm³/mol. The predicted octanol–water partition coefficient (Wildman–Crippen LogP) is 2.27. The lowest BCUT2D eigenvalue weighted by atomic mass is 10.0. The smallest absolute Gasteiger partial charge is 0.222 e. The van der Waals surface area contributed by atoms with Gasteiger partial charge in [-0.15, -0.1) is 0 Å². The van der Waals surface area contributed by atoms with Gasteiger partial charge in [0.1, 0.15) is 0 Å². The maximum atomic E-state index is 12.1. The third-order valence-corrected chi connectivity index (χ3v) is 4.24. The molecule has 1 aliphatic heterocycles. The van der Waals surface area contributed by atoms with E-state index in [2.05, 4.69) is 15.2 Å². The summed E-state index contributed by atoms with van der Waals surface area (Å²) in [5, 5.41) is 7.63. The molecule has 1 N–H and O–H groups in total. The zero-order valence-corrected chi connectivity index (χ0v) is 13.0. The highest BCUT2D eigenvalue weighted by atomic mass is 16.2. The largest absolute Gasteiger partial charge is 0.338 e. The summed E-state index contributed by atoms with van der Waals surface area (Å²) in [5.74, 6) is 0.259. The fourth-order valence-corrected chi connectivity index (χ4v) is 2.96. The molecule has 116 valence electrons. The zero-order valence-electron chi connectivity index (χ0n) is 13.0. The first-order valence-electron chi connectivity index (χ1n) is 7.99. The minimum Gasteiger partial charge on any atom is -0.338 e. The first kappa shape index (κ1) is 14.8. The van der Waals surface area contributed by atoms with Crippen molar-refractivity contribution in [3.05, 3.63) is 47.0 Å². The van der Waals surface area contributed by atoms with Gasteiger partial charge in [-0.2, -0.15) is 5.10 Å². The Bertz CT molecular complexity index is 635. The number of aromatic nitrogens is 3. The van der Waals surface area contributed by atoms with Crippen LogP contribution in [0, 0.1) is 0 Å². The summed E-state index contributed by atoms with van der Waals surface area (Å²) in [6, 6.07) is 4.08. The van der Waals surface area contributed by atoms with Gasteiger partial charge in [0.25, 0.3) is 0 Å². The van der Waals surface area contributed by atoms with E-state index in [4.69, 9.17) is 0 Å². The first-order chi connectivity index (χ1) is 10.8. The van der Waals surface area contributed by atoms with E-state index in [0.717, 1.165) is 37.9 Å². The second-order valence-corrected chi connectivity index (χ2v) is 5.80. The van der Waals surface area contributed by atoms with E-state index in [1.807, 2.05) is 36.4 Å². The Hall–Kier alpha value is -2.17. The van der Waals surface area contributed by atoms with E-state index in [0.29, 0.717) is 13.0 Å². The number of aromatic amines is 1. The van der Waals surface area contributed by atoms with Crippen molar-refractivity contribution in [2.24, 2.45) is 0 Å². The molecule has 1 aliphatic rings. The summed E-state index contributed by atoms with van der Waals surface area (Å²) < 4.78 is 0. The Morgan fingerprint density at radius 1 is 1.32 bits per heavy atom. The van der Waals surface area contributed by atoms with Crippen molar-refractivity contribution in [1.29, 1.82) is 0 Å². The minimum atomic E-state index is 0.259. The SMILES string of the molecule is CCCC(=O)N1CCc2[nH]nc(CCc3ccncc3)c2C1. The van der Waals surface area contributed by atoms with Gasteiger partial charge in [0.2, 0.25) is 5.91 Å². The van der Waals surface area contributed by atoms with E-state index in [9.17, 15) is 4.79 Å². The Morgan fingerprint density at radius 3 is 2.91 bits per heavy atom. The Balaban J connectivity index is 1.68. The van der Waals surface area contributed by atoms with Crippen LogP contribution in [0.1, 0.15) is 42.3 Å². The normalized spacial score (nSPS) is 14.0. The summed E-state index contributed by atoms with van der Waals surface area (Å²) >= 11 is 0. The molecule has 0 aliphatic carbocycles. The highest BCUT2D eigenvalue weighted by Crippen LogP contribution is 2.22. The molecule has 0 unspecified atom stereocenters. The number of fused-ring (bicyclic) bond motifs is 1. The van der Waals surface area contributed by atoms with Crippen molar-refractivity contribution in [1.82, 2.24) is 20.1 Å². The van der Waals surface area contributed by atoms with Crippen LogP contribution in [-0.4, -0.2) is 32.5 Å². The summed E-state index contributed by atoms with van der Waals surface area (Å²) in [4.78, 5) is 18.1. The number of nitrogens with zero attached hydrogens (tertiary/aromatic N) is 3. The van der Waals surface area contributed by atoms with Gasteiger partial charge in [-0.05, 0) is 37.0 Å². The number of rotatable bonds is 5. The van der Waals surface area contributed by atoms with Gasteiger partial charge in [0.05, 0.1) is 5.69 Å². The Kier molecular flexibility index (Phi) is 4.51. The van der Waals surface area contributed by atoms with Crippen molar-refractivity contribution >= 4 is 5.91 Å². The molecular formula is C17H22N4O. The number of hydrogen-bond donors (Lipinski definition) is 1. The number of pyridine rings is 1. The first-order valence-corrected chi connectivity index (χ1v) is 7.99. The highest BCUT2D eigenvalue weighted by molar-refractivity contribution is 5.76. The molecule has 3 rings (SSSR count). The van der Waals surface area contributed by atoms with Gasteiger partial charge < -0.3 is 4.90 Å². The molecule has 0 atom stereocenters. The van der Waals surface area contributed by atoms with Crippen LogP contribution in [0.15, 0.2) is 24.5 Å². The van der Waals surface area contributed by atoms with Gasteiger partial charge in [0.15, 0.2) is 0 Å². The Morgan fingerprint density at radius 2 is 2.14 bits per heavy atom. The number of H-pyrrole nitrogens is 1. The lowest BCUT2D eigenvalue weighted by molar-refractivity contribution is -0.132. The topological polar surface area (TPSA) is 61.9 Å². The maximum Gasteiger partial charge on any atom is 0.222 e. The van der Waals surface area contributed by atoms with Crippen molar-refractivity contribution in [2.75, 3.05) is 6.54 Å². The molecule has 2 aromatic heterocycles. The third-order valence-electron chi connectivity index (χ3n) is 4.24. The Labute approximate surface area is 130 Å². The summed E-state index contributed by atoms with van der Waals surface area (Å²) in [7, 11) is 0. The molecule has 0 fully saturated rings. The van der Waals surface area contributed by atoms with Gasteiger partial charge in [-0.3, -0.25) is 14.9 Å². The monoisotopic (exact) mass is 298 g/mol. The number of amides is 1. The standard InChI is InChI=1S/C17H22N4O/c1-2-3-17(22)21-11-8-16-14(12-21)15(19-20-16)5-4-13-6-9-18-10-7-13/h6-7,9-10H,2-5,8,11-12H2,1H3,(H,19,20). The van der Waals surface area contributed by atoms with Crippen LogP contribution in [0.4, 0.5) is 0 Å². The lowest BCUT2D eigenvalue weighted by Gasteiger charge is -2.27. The molecule has 0 aromatic carbocycles. The van der Waals surface area contributed by atoms with Gasteiger partial charge in [-0.1, -0.05) is 6.92 Å². The van der Waals surface area contributed by atoms with E-state index in [-0.39, 0.29) is 5.91 Å². The molecule has 2 aromatic rings. The lowest BCUT2D eigenvalue weighted by Crippen LogP contribution is -2.35. The van der Waals surface area contributed by atoms with E-state index >= 15 is 0 Å². The van der Waals surface area contributed by atoms with Crippen molar-refractivity contribution in [3.8, 4) is 0 Å². The van der Waals surface area contributed by atoms with E-state index < -0.39 is 0 Å². The molecule has 3 heterocycles. The number of carbonyl (C=O) groups is 1. The molecule has 5 nitrogen and oxygen atoms in total. The summed E-state index contributed by atoms with van der Waals surface area (Å²) in [6.45, 7) is 3.55. The minimum absolute atomic E-state index is 0.259. The molecule has 1 amide bonds. The van der Waals surface area contributed by atoms with E-state index in [1.165, 1.54) is 16.8 Å². The van der Waals surface area contributed by atoms with Crippen LogP contribution in [-0.2, 0) is 30.6 Å². The number of aryl methyl sites for hydroxylation is 2. The van der Waals surface area contributed by atoms with Gasteiger partial charge in [0, 0.05) is 49.6 Å². The van der Waals surface area contributed by atoms with Crippen LogP contribution in [0.5, 0.6) is 0 Å². The second-order valence-electron chi connectivity index (χ2n) is 5.80. The van der Waals surface area contributed by atoms with Crippen LogP contribution >= 0.6 is 0 Å². The summed E-state index contributed by atoms with van der Waals surface area (Å²) in [5.41, 5.74) is 4.79. The fraction of sp³-hybridized carbons (Fsp3) is 0.471. The number of hydrogen-bond acceptors (Lipinski definition) is 3. The van der Waals surface area contributed by atoms with Crippen LogP contribution in [0.3, 0.4) is 0 Å². The van der Waals surface area contributed by atoms with Crippen molar-refractivity contribution in [2.45, 2.75) is 45.6 Å².